The molecule has 1 atom stereocenters. The van der Waals surface area contributed by atoms with Gasteiger partial charge in [-0.15, -0.1) is 0 Å². The summed E-state index contributed by atoms with van der Waals surface area (Å²) in [5.74, 6) is 0.440. The summed E-state index contributed by atoms with van der Waals surface area (Å²) in [6.45, 7) is 3.72. The van der Waals surface area contributed by atoms with Crippen molar-refractivity contribution in [2.24, 2.45) is 13.0 Å². The van der Waals surface area contributed by atoms with Gasteiger partial charge in [0.05, 0.1) is 6.20 Å². The predicted molar refractivity (Wildman–Crippen MR) is 73.6 cm³/mol. The van der Waals surface area contributed by atoms with Gasteiger partial charge in [0.15, 0.2) is 0 Å². The van der Waals surface area contributed by atoms with Crippen LogP contribution in [0.1, 0.15) is 25.3 Å². The highest BCUT2D eigenvalue weighted by Gasteiger charge is 2.30. The van der Waals surface area contributed by atoms with Gasteiger partial charge in [-0.3, -0.25) is 4.68 Å². The molecule has 0 aliphatic carbocycles. The fourth-order valence-electron chi connectivity index (χ4n) is 2.45. The molecule has 0 amide bonds. The normalized spacial score (nSPS) is 22.0. The van der Waals surface area contributed by atoms with E-state index in [-0.39, 0.29) is 0 Å². The van der Waals surface area contributed by atoms with Crippen molar-refractivity contribution >= 4 is 10.2 Å². The summed E-state index contributed by atoms with van der Waals surface area (Å²) in [4.78, 5) is 0. The minimum absolute atomic E-state index is 0.362. The van der Waals surface area contributed by atoms with E-state index in [1.54, 1.807) is 22.2 Å². The molecule has 19 heavy (non-hydrogen) atoms. The first kappa shape index (κ1) is 14.5. The maximum absolute atomic E-state index is 12.5. The molecule has 0 N–H and O–H groups in total. The molecule has 0 aromatic carbocycles. The van der Waals surface area contributed by atoms with Gasteiger partial charge in [0.2, 0.25) is 0 Å². The number of nitrogens with zero attached hydrogens (tertiary/aromatic N) is 4. The molecule has 1 aromatic heterocycles. The van der Waals surface area contributed by atoms with E-state index in [9.17, 15) is 8.42 Å². The number of hydrogen-bond donors (Lipinski definition) is 0. The largest absolute Gasteiger partial charge is 0.282 e. The van der Waals surface area contributed by atoms with Crippen LogP contribution in [0.25, 0.3) is 0 Å². The van der Waals surface area contributed by atoms with Crippen LogP contribution < -0.4 is 0 Å². The van der Waals surface area contributed by atoms with Crippen molar-refractivity contribution in [1.29, 1.82) is 0 Å². The predicted octanol–water partition coefficient (Wildman–Crippen LogP) is 0.829. The molecule has 2 rings (SSSR count). The third-order valence-electron chi connectivity index (χ3n) is 3.50. The van der Waals surface area contributed by atoms with E-state index in [1.807, 2.05) is 13.2 Å². The average Bonchev–Trinajstić information content (AvgIpc) is 2.74. The van der Waals surface area contributed by atoms with Crippen molar-refractivity contribution in [3.05, 3.63) is 18.0 Å². The van der Waals surface area contributed by atoms with Crippen LogP contribution in [-0.4, -0.2) is 46.9 Å². The second-order valence-corrected chi connectivity index (χ2v) is 7.43. The third kappa shape index (κ3) is 3.34. The average molecular weight is 286 g/mol. The van der Waals surface area contributed by atoms with Crippen molar-refractivity contribution in [3.8, 4) is 0 Å². The van der Waals surface area contributed by atoms with Gasteiger partial charge in [-0.25, -0.2) is 0 Å². The Morgan fingerprint density at radius 2 is 2.26 bits per heavy atom. The van der Waals surface area contributed by atoms with E-state index in [0.29, 0.717) is 25.6 Å². The molecule has 0 radical (unpaired) electrons. The molecule has 7 heteroatoms. The molecular weight excluding hydrogens is 264 g/mol. The van der Waals surface area contributed by atoms with E-state index in [0.717, 1.165) is 18.4 Å². The maximum atomic E-state index is 12.5. The molecular formula is C12H22N4O2S. The Labute approximate surface area is 115 Å². The summed E-state index contributed by atoms with van der Waals surface area (Å²) >= 11 is 0. The number of hydrogen-bond acceptors (Lipinski definition) is 3. The monoisotopic (exact) mass is 286 g/mol. The molecule has 1 fully saturated rings. The Kier molecular flexibility index (Phi) is 4.27. The van der Waals surface area contributed by atoms with Crippen LogP contribution in [0.15, 0.2) is 12.4 Å². The molecule has 1 aliphatic heterocycles. The van der Waals surface area contributed by atoms with Crippen molar-refractivity contribution < 1.29 is 8.42 Å². The lowest BCUT2D eigenvalue weighted by Crippen LogP contribution is -2.45. The summed E-state index contributed by atoms with van der Waals surface area (Å²) in [5.41, 5.74) is 0.902. The zero-order valence-corrected chi connectivity index (χ0v) is 12.6. The van der Waals surface area contributed by atoms with Gasteiger partial charge in [0, 0.05) is 45.5 Å². The van der Waals surface area contributed by atoms with Crippen LogP contribution >= 0.6 is 0 Å². The van der Waals surface area contributed by atoms with Crippen molar-refractivity contribution in [2.75, 3.05) is 20.1 Å². The molecule has 1 aromatic rings. The molecule has 0 saturated carbocycles. The lowest BCUT2D eigenvalue weighted by Gasteiger charge is -2.32. The summed E-state index contributed by atoms with van der Waals surface area (Å²) in [6.07, 6.45) is 5.59. The summed E-state index contributed by atoms with van der Waals surface area (Å²) < 4.78 is 29.6. The van der Waals surface area contributed by atoms with Crippen LogP contribution in [-0.2, 0) is 23.8 Å². The fraction of sp³-hybridized carbons (Fsp3) is 0.750. The van der Waals surface area contributed by atoms with Crippen LogP contribution in [0.3, 0.4) is 0 Å². The van der Waals surface area contributed by atoms with Crippen LogP contribution in [0.4, 0.5) is 0 Å². The van der Waals surface area contributed by atoms with Gasteiger partial charge in [0.25, 0.3) is 10.2 Å². The molecule has 0 spiro atoms. The number of piperidine rings is 1. The van der Waals surface area contributed by atoms with Gasteiger partial charge in [-0.05, 0) is 18.8 Å². The SMILES string of the molecule is C[C@@H]1CCCN(S(=O)(=O)N(C)Cc2cnn(C)c2)C1. The lowest BCUT2D eigenvalue weighted by atomic mass is 10.0. The van der Waals surface area contributed by atoms with E-state index < -0.39 is 10.2 Å². The number of aromatic nitrogens is 2. The highest BCUT2D eigenvalue weighted by molar-refractivity contribution is 7.86. The fourth-order valence-corrected chi connectivity index (χ4v) is 3.95. The Morgan fingerprint density at radius 3 is 2.84 bits per heavy atom. The Morgan fingerprint density at radius 1 is 1.53 bits per heavy atom. The van der Waals surface area contributed by atoms with E-state index >= 15 is 0 Å². The topological polar surface area (TPSA) is 58.4 Å². The van der Waals surface area contributed by atoms with E-state index in [1.165, 1.54) is 4.31 Å². The molecule has 0 unspecified atom stereocenters. The second kappa shape index (κ2) is 5.60. The van der Waals surface area contributed by atoms with Gasteiger partial charge in [0.1, 0.15) is 0 Å². The minimum Gasteiger partial charge on any atom is -0.275 e. The number of aryl methyl sites for hydroxylation is 1. The minimum atomic E-state index is -3.35. The Hall–Kier alpha value is -0.920. The van der Waals surface area contributed by atoms with Gasteiger partial charge in [-0.1, -0.05) is 6.92 Å². The standard InChI is InChI=1S/C12H22N4O2S/c1-11-5-4-6-16(8-11)19(17,18)15(3)10-12-7-13-14(2)9-12/h7,9,11H,4-6,8,10H2,1-3H3/t11-/m1/s1. The van der Waals surface area contributed by atoms with Crippen molar-refractivity contribution in [3.63, 3.8) is 0 Å². The van der Waals surface area contributed by atoms with E-state index in [2.05, 4.69) is 12.0 Å². The molecule has 2 heterocycles. The third-order valence-corrected chi connectivity index (χ3v) is 5.40. The van der Waals surface area contributed by atoms with E-state index in [4.69, 9.17) is 0 Å². The molecule has 1 aliphatic rings. The maximum Gasteiger partial charge on any atom is 0.282 e. The molecule has 0 bridgehead atoms. The highest BCUT2D eigenvalue weighted by Crippen LogP contribution is 2.20. The smallest absolute Gasteiger partial charge is 0.275 e. The Bertz CT molecular complexity index is 526. The zero-order valence-electron chi connectivity index (χ0n) is 11.8. The van der Waals surface area contributed by atoms with Crippen LogP contribution in [0.5, 0.6) is 0 Å². The first-order chi connectivity index (χ1) is 8.89. The Balaban J connectivity index is 2.06. The van der Waals surface area contributed by atoms with Gasteiger partial charge >= 0.3 is 0 Å². The first-order valence-corrected chi connectivity index (χ1v) is 7.98. The van der Waals surface area contributed by atoms with Crippen molar-refractivity contribution in [2.45, 2.75) is 26.3 Å². The second-order valence-electron chi connectivity index (χ2n) is 5.39. The van der Waals surface area contributed by atoms with Crippen molar-refractivity contribution in [1.82, 2.24) is 18.4 Å². The highest BCUT2D eigenvalue weighted by atomic mass is 32.2. The summed E-state index contributed by atoms with van der Waals surface area (Å²) in [7, 11) is 0.0961. The van der Waals surface area contributed by atoms with Crippen LogP contribution in [0.2, 0.25) is 0 Å². The zero-order chi connectivity index (χ0) is 14.0. The van der Waals surface area contributed by atoms with Crippen LogP contribution in [0, 0.1) is 5.92 Å². The summed E-state index contributed by atoms with van der Waals surface area (Å²) in [5, 5.41) is 4.06. The van der Waals surface area contributed by atoms with Gasteiger partial charge < -0.3 is 0 Å². The first-order valence-electron chi connectivity index (χ1n) is 6.58. The van der Waals surface area contributed by atoms with Gasteiger partial charge in [-0.2, -0.15) is 22.1 Å². The molecule has 6 nitrogen and oxygen atoms in total. The number of rotatable bonds is 4. The quantitative estimate of drug-likeness (QED) is 0.823. The molecule has 108 valence electrons. The lowest BCUT2D eigenvalue weighted by molar-refractivity contribution is 0.263. The molecule has 1 saturated heterocycles. The summed E-state index contributed by atoms with van der Waals surface area (Å²) in [6, 6.07) is 0.